The number of anilines is 1. The molecule has 0 spiro atoms. The predicted octanol–water partition coefficient (Wildman–Crippen LogP) is 1.06. The van der Waals surface area contributed by atoms with Crippen LogP contribution in [0.3, 0.4) is 0 Å². The molecule has 0 fully saturated rings. The van der Waals surface area contributed by atoms with E-state index in [1.165, 1.54) is 11.1 Å². The van der Waals surface area contributed by atoms with Gasteiger partial charge in [0, 0.05) is 31.1 Å². The number of hydrogen-bond acceptors (Lipinski definition) is 4. The van der Waals surface area contributed by atoms with E-state index in [4.69, 9.17) is 5.73 Å². The fourth-order valence-corrected chi connectivity index (χ4v) is 3.06. The average molecular weight is 268 g/mol. The molecule has 0 unspecified atom stereocenters. The van der Waals surface area contributed by atoms with E-state index in [0.29, 0.717) is 6.54 Å². The Morgan fingerprint density at radius 2 is 2.11 bits per heavy atom. The summed E-state index contributed by atoms with van der Waals surface area (Å²) in [5.74, 6) is 0.478. The van der Waals surface area contributed by atoms with E-state index in [1.54, 1.807) is 6.92 Å². The maximum Gasteiger partial charge on any atom is 0.151 e. The monoisotopic (exact) mass is 268 g/mol. The highest BCUT2D eigenvalue weighted by atomic mass is 32.2. The molecule has 1 aromatic rings. The third-order valence-electron chi connectivity index (χ3n) is 3.48. The molecule has 0 aliphatic carbocycles. The van der Waals surface area contributed by atoms with Crippen LogP contribution in [0.15, 0.2) is 18.2 Å². The molecular formula is C13H20N2O2S. The summed E-state index contributed by atoms with van der Waals surface area (Å²) in [6, 6.07) is 6.00. The molecule has 100 valence electrons. The van der Waals surface area contributed by atoms with Crippen LogP contribution in [0.25, 0.3) is 0 Å². The zero-order valence-electron chi connectivity index (χ0n) is 10.7. The molecule has 0 amide bonds. The first-order valence-corrected chi connectivity index (χ1v) is 8.12. The molecule has 0 atom stereocenters. The smallest absolute Gasteiger partial charge is 0.151 e. The number of nitrogens with zero attached hydrogens (tertiary/aromatic N) is 1. The van der Waals surface area contributed by atoms with Crippen molar-refractivity contribution < 1.29 is 8.42 Å². The van der Waals surface area contributed by atoms with Crippen LogP contribution in [0.1, 0.15) is 18.1 Å². The highest BCUT2D eigenvalue weighted by Crippen LogP contribution is 2.21. The zero-order chi connectivity index (χ0) is 13.2. The Morgan fingerprint density at radius 1 is 1.33 bits per heavy atom. The number of hydrogen-bond donors (Lipinski definition) is 1. The normalized spacial score (nSPS) is 16.5. The number of benzene rings is 1. The lowest BCUT2D eigenvalue weighted by Gasteiger charge is -2.28. The highest BCUT2D eigenvalue weighted by molar-refractivity contribution is 7.91. The number of nitrogen functional groups attached to an aromatic ring is 1. The molecule has 2 rings (SSSR count). The lowest BCUT2D eigenvalue weighted by molar-refractivity contribution is 0.269. The van der Waals surface area contributed by atoms with E-state index >= 15 is 0 Å². The summed E-state index contributed by atoms with van der Waals surface area (Å²) in [7, 11) is -2.87. The van der Waals surface area contributed by atoms with Gasteiger partial charge in [-0.05, 0) is 29.7 Å². The Morgan fingerprint density at radius 3 is 2.83 bits per heavy atom. The van der Waals surface area contributed by atoms with E-state index in [-0.39, 0.29) is 11.5 Å². The minimum atomic E-state index is -2.87. The summed E-state index contributed by atoms with van der Waals surface area (Å²) in [6.45, 7) is 4.04. The van der Waals surface area contributed by atoms with Gasteiger partial charge < -0.3 is 5.73 Å². The van der Waals surface area contributed by atoms with Gasteiger partial charge in [0.15, 0.2) is 9.84 Å². The van der Waals surface area contributed by atoms with Crippen LogP contribution in [-0.2, 0) is 22.8 Å². The second kappa shape index (κ2) is 5.28. The van der Waals surface area contributed by atoms with Crippen molar-refractivity contribution in [3.8, 4) is 0 Å². The van der Waals surface area contributed by atoms with Gasteiger partial charge in [-0.2, -0.15) is 0 Å². The average Bonchev–Trinajstić information content (AvgIpc) is 2.36. The van der Waals surface area contributed by atoms with Gasteiger partial charge in [-0.1, -0.05) is 13.0 Å². The van der Waals surface area contributed by atoms with Crippen LogP contribution < -0.4 is 5.73 Å². The Kier molecular flexibility index (Phi) is 3.92. The van der Waals surface area contributed by atoms with Crippen LogP contribution in [0.4, 0.5) is 5.69 Å². The lowest BCUT2D eigenvalue weighted by atomic mass is 9.99. The molecule has 1 aliphatic heterocycles. The molecule has 1 aromatic carbocycles. The van der Waals surface area contributed by atoms with Crippen molar-refractivity contribution in [2.24, 2.45) is 0 Å². The third-order valence-corrected chi connectivity index (χ3v) is 5.16. The maximum atomic E-state index is 11.5. The lowest BCUT2D eigenvalue weighted by Crippen LogP contribution is -2.34. The van der Waals surface area contributed by atoms with Crippen molar-refractivity contribution in [1.29, 1.82) is 0 Å². The minimum absolute atomic E-state index is 0.227. The quantitative estimate of drug-likeness (QED) is 0.829. The topological polar surface area (TPSA) is 63.4 Å². The van der Waals surface area contributed by atoms with Gasteiger partial charge in [0.2, 0.25) is 0 Å². The predicted molar refractivity (Wildman–Crippen MR) is 74.2 cm³/mol. The van der Waals surface area contributed by atoms with Crippen molar-refractivity contribution in [1.82, 2.24) is 4.90 Å². The largest absolute Gasteiger partial charge is 0.399 e. The third kappa shape index (κ3) is 3.23. The molecule has 0 aromatic heterocycles. The van der Waals surface area contributed by atoms with E-state index in [2.05, 4.69) is 11.0 Å². The highest BCUT2D eigenvalue weighted by Gasteiger charge is 2.18. The molecule has 1 heterocycles. The van der Waals surface area contributed by atoms with Gasteiger partial charge in [0.25, 0.3) is 0 Å². The molecule has 1 aliphatic rings. The van der Waals surface area contributed by atoms with E-state index in [1.807, 2.05) is 12.1 Å². The summed E-state index contributed by atoms with van der Waals surface area (Å²) < 4.78 is 23.0. The first-order chi connectivity index (χ1) is 8.50. The summed E-state index contributed by atoms with van der Waals surface area (Å²) in [5, 5.41) is 0. The summed E-state index contributed by atoms with van der Waals surface area (Å²) >= 11 is 0. The Balaban J connectivity index is 1.99. The number of nitrogens with two attached hydrogens (primary N) is 1. The van der Waals surface area contributed by atoms with Crippen molar-refractivity contribution in [2.45, 2.75) is 19.9 Å². The molecular weight excluding hydrogens is 248 g/mol. The van der Waals surface area contributed by atoms with Crippen molar-refractivity contribution in [2.75, 3.05) is 30.3 Å². The van der Waals surface area contributed by atoms with Crippen molar-refractivity contribution in [3.05, 3.63) is 29.3 Å². The Labute approximate surface area is 109 Å². The second-order valence-electron chi connectivity index (χ2n) is 4.79. The van der Waals surface area contributed by atoms with E-state index in [9.17, 15) is 8.42 Å². The molecule has 2 N–H and O–H groups in total. The number of fused-ring (bicyclic) bond motifs is 1. The van der Waals surface area contributed by atoms with Crippen LogP contribution in [0.5, 0.6) is 0 Å². The minimum Gasteiger partial charge on any atom is -0.399 e. The molecule has 0 saturated carbocycles. The maximum absolute atomic E-state index is 11.5. The van der Waals surface area contributed by atoms with E-state index < -0.39 is 9.84 Å². The first-order valence-electron chi connectivity index (χ1n) is 6.30. The van der Waals surface area contributed by atoms with Crippen LogP contribution >= 0.6 is 0 Å². The SMILES string of the molecule is CCS(=O)(=O)CCN1CCc2ccc(N)cc2C1. The van der Waals surface area contributed by atoms with Crippen LogP contribution in [0, 0.1) is 0 Å². The number of sulfone groups is 1. The van der Waals surface area contributed by atoms with Gasteiger partial charge in [0.1, 0.15) is 0 Å². The van der Waals surface area contributed by atoms with Crippen molar-refractivity contribution in [3.63, 3.8) is 0 Å². The molecule has 0 saturated heterocycles. The fourth-order valence-electron chi connectivity index (χ4n) is 2.24. The summed E-state index contributed by atoms with van der Waals surface area (Å²) in [6.07, 6.45) is 0.974. The van der Waals surface area contributed by atoms with Gasteiger partial charge >= 0.3 is 0 Å². The number of rotatable bonds is 4. The summed E-state index contributed by atoms with van der Waals surface area (Å²) in [5.41, 5.74) is 9.12. The fraction of sp³-hybridized carbons (Fsp3) is 0.538. The zero-order valence-corrected chi connectivity index (χ0v) is 11.5. The molecule has 18 heavy (non-hydrogen) atoms. The van der Waals surface area contributed by atoms with Crippen LogP contribution in [-0.4, -0.2) is 37.9 Å². The van der Waals surface area contributed by atoms with Crippen molar-refractivity contribution >= 4 is 15.5 Å². The Hall–Kier alpha value is -1.07. The second-order valence-corrected chi connectivity index (χ2v) is 7.26. The van der Waals surface area contributed by atoms with Gasteiger partial charge in [-0.15, -0.1) is 0 Å². The molecule has 4 nitrogen and oxygen atoms in total. The van der Waals surface area contributed by atoms with Crippen LogP contribution in [0.2, 0.25) is 0 Å². The summed E-state index contributed by atoms with van der Waals surface area (Å²) in [4.78, 5) is 2.19. The van der Waals surface area contributed by atoms with E-state index in [0.717, 1.165) is 25.2 Å². The van der Waals surface area contributed by atoms with Gasteiger partial charge in [-0.25, -0.2) is 8.42 Å². The standard InChI is InChI=1S/C13H20N2O2S/c1-2-18(16,17)8-7-15-6-5-11-3-4-13(14)9-12(11)10-15/h3-4,9H,2,5-8,10,14H2,1H3. The van der Waals surface area contributed by atoms with Gasteiger partial charge in [0.05, 0.1) is 5.75 Å². The molecule has 0 radical (unpaired) electrons. The molecule has 0 bridgehead atoms. The first kappa shape index (κ1) is 13.4. The Bertz CT molecular complexity index is 526. The van der Waals surface area contributed by atoms with Gasteiger partial charge in [-0.3, -0.25) is 4.90 Å². The molecule has 5 heteroatoms.